The molecule has 4 heteroatoms. The molecule has 0 aliphatic carbocycles. The summed E-state index contributed by atoms with van der Waals surface area (Å²) in [5.41, 5.74) is 0.980. The van der Waals surface area contributed by atoms with Gasteiger partial charge < -0.3 is 10.2 Å². The summed E-state index contributed by atoms with van der Waals surface area (Å²) >= 11 is 0. The third-order valence-corrected chi connectivity index (χ3v) is 3.31. The van der Waals surface area contributed by atoms with Gasteiger partial charge in [0.1, 0.15) is 5.82 Å². The van der Waals surface area contributed by atoms with Crippen LogP contribution in [-0.2, 0) is 0 Å². The Balaban J connectivity index is 2.02. The van der Waals surface area contributed by atoms with E-state index in [0.717, 1.165) is 24.6 Å². The Morgan fingerprint density at radius 1 is 1.38 bits per heavy atom. The third kappa shape index (κ3) is 2.50. The van der Waals surface area contributed by atoms with Crippen LogP contribution >= 0.6 is 0 Å². The van der Waals surface area contributed by atoms with Gasteiger partial charge in [0.25, 0.3) is 0 Å². The van der Waals surface area contributed by atoms with Gasteiger partial charge in [0.15, 0.2) is 0 Å². The Labute approximate surface area is 97.1 Å². The minimum Gasteiger partial charge on any atom is -0.365 e. The molecule has 4 nitrogen and oxygen atoms in total. The van der Waals surface area contributed by atoms with Gasteiger partial charge in [-0.15, -0.1) is 0 Å². The summed E-state index contributed by atoms with van der Waals surface area (Å²) in [6.07, 6.45) is 4.65. The predicted molar refractivity (Wildman–Crippen MR) is 65.5 cm³/mol. The molecule has 2 atom stereocenters. The molecule has 1 aromatic rings. The lowest BCUT2D eigenvalue weighted by Crippen LogP contribution is -2.43. The molecule has 88 valence electrons. The van der Waals surface area contributed by atoms with Gasteiger partial charge in [-0.2, -0.15) is 0 Å². The molecule has 0 saturated carbocycles. The Kier molecular flexibility index (Phi) is 3.39. The van der Waals surface area contributed by atoms with Gasteiger partial charge >= 0.3 is 0 Å². The van der Waals surface area contributed by atoms with Crippen LogP contribution in [0.15, 0.2) is 12.4 Å². The molecule has 0 bridgehead atoms. The quantitative estimate of drug-likeness (QED) is 0.821. The van der Waals surface area contributed by atoms with Crippen LogP contribution in [0, 0.1) is 12.8 Å². The molecule has 1 aromatic heterocycles. The fourth-order valence-electron chi connectivity index (χ4n) is 2.29. The molecule has 16 heavy (non-hydrogen) atoms. The van der Waals surface area contributed by atoms with Crippen molar-refractivity contribution >= 4 is 5.82 Å². The molecular weight excluding hydrogens is 200 g/mol. The first-order chi connectivity index (χ1) is 7.66. The fourth-order valence-corrected chi connectivity index (χ4v) is 2.29. The minimum atomic E-state index is 0.520. The monoisotopic (exact) mass is 220 g/mol. The fraction of sp³-hybridized carbons (Fsp3) is 0.667. The topological polar surface area (TPSA) is 41.1 Å². The maximum Gasteiger partial charge on any atom is 0.147 e. The molecule has 1 saturated heterocycles. The van der Waals surface area contributed by atoms with Gasteiger partial charge in [-0.1, -0.05) is 6.92 Å². The van der Waals surface area contributed by atoms with Crippen molar-refractivity contribution in [3.8, 4) is 0 Å². The number of anilines is 1. The van der Waals surface area contributed by atoms with Gasteiger partial charge in [-0.05, 0) is 32.9 Å². The van der Waals surface area contributed by atoms with Crippen LogP contribution in [0.5, 0.6) is 0 Å². The number of nitrogens with zero attached hydrogens (tertiary/aromatic N) is 3. The van der Waals surface area contributed by atoms with Crippen molar-refractivity contribution in [2.24, 2.45) is 5.92 Å². The molecule has 2 heterocycles. The van der Waals surface area contributed by atoms with Crippen LogP contribution in [0.4, 0.5) is 5.82 Å². The molecule has 1 fully saturated rings. The summed E-state index contributed by atoms with van der Waals surface area (Å²) in [5.74, 6) is 1.59. The molecule has 0 aromatic carbocycles. The summed E-state index contributed by atoms with van der Waals surface area (Å²) in [7, 11) is 2.18. The first-order valence-electron chi connectivity index (χ1n) is 5.89. The van der Waals surface area contributed by atoms with Gasteiger partial charge in [-0.3, -0.25) is 4.98 Å². The number of nitrogens with one attached hydrogen (secondary N) is 1. The van der Waals surface area contributed by atoms with Gasteiger partial charge in [0.05, 0.1) is 5.69 Å². The van der Waals surface area contributed by atoms with Crippen molar-refractivity contribution in [3.05, 3.63) is 18.1 Å². The summed E-state index contributed by atoms with van der Waals surface area (Å²) in [4.78, 5) is 11.0. The second kappa shape index (κ2) is 4.78. The average molecular weight is 220 g/mol. The van der Waals surface area contributed by atoms with Crippen molar-refractivity contribution in [2.45, 2.75) is 26.3 Å². The van der Waals surface area contributed by atoms with E-state index in [1.807, 2.05) is 6.92 Å². The van der Waals surface area contributed by atoms with Crippen LogP contribution in [0.3, 0.4) is 0 Å². The first-order valence-corrected chi connectivity index (χ1v) is 5.89. The Morgan fingerprint density at radius 3 is 2.81 bits per heavy atom. The van der Waals surface area contributed by atoms with Gasteiger partial charge in [0, 0.05) is 25.0 Å². The Morgan fingerprint density at radius 2 is 2.12 bits per heavy atom. The highest BCUT2D eigenvalue weighted by molar-refractivity contribution is 5.39. The third-order valence-electron chi connectivity index (χ3n) is 3.31. The second-order valence-electron chi connectivity index (χ2n) is 4.77. The van der Waals surface area contributed by atoms with Gasteiger partial charge in [-0.25, -0.2) is 4.98 Å². The molecule has 0 amide bonds. The zero-order valence-corrected chi connectivity index (χ0v) is 10.3. The average Bonchev–Trinajstić information content (AvgIpc) is 2.25. The van der Waals surface area contributed by atoms with E-state index in [1.165, 1.54) is 6.42 Å². The smallest absolute Gasteiger partial charge is 0.147 e. The van der Waals surface area contributed by atoms with Crippen LogP contribution < -0.4 is 5.32 Å². The molecule has 1 N–H and O–H groups in total. The number of rotatable bonds is 2. The van der Waals surface area contributed by atoms with Crippen molar-refractivity contribution in [3.63, 3.8) is 0 Å². The highest BCUT2D eigenvalue weighted by atomic mass is 15.1. The van der Waals surface area contributed by atoms with E-state index in [9.17, 15) is 0 Å². The summed E-state index contributed by atoms with van der Waals surface area (Å²) in [6.45, 7) is 6.59. The van der Waals surface area contributed by atoms with Crippen molar-refractivity contribution in [2.75, 3.05) is 25.5 Å². The second-order valence-corrected chi connectivity index (χ2v) is 4.77. The lowest BCUT2D eigenvalue weighted by atomic mass is 9.94. The van der Waals surface area contributed by atoms with Crippen molar-refractivity contribution in [1.82, 2.24) is 14.9 Å². The molecule has 1 aliphatic rings. The van der Waals surface area contributed by atoms with E-state index in [0.29, 0.717) is 12.0 Å². The van der Waals surface area contributed by atoms with E-state index >= 15 is 0 Å². The zero-order chi connectivity index (χ0) is 11.5. The number of piperidine rings is 1. The predicted octanol–water partition coefficient (Wildman–Crippen LogP) is 1.54. The van der Waals surface area contributed by atoms with Crippen molar-refractivity contribution in [1.29, 1.82) is 0 Å². The number of aromatic nitrogens is 2. The normalized spacial score (nSPS) is 26.7. The maximum atomic E-state index is 4.34. The molecule has 1 aliphatic heterocycles. The Bertz CT molecular complexity index is 353. The standard InChI is InChI=1S/C12H20N4/c1-9-8-16(3)7-4-11(9)15-12-10(2)13-5-6-14-12/h5-6,9,11H,4,7-8H2,1-3H3,(H,14,15). The van der Waals surface area contributed by atoms with Crippen LogP contribution in [0.1, 0.15) is 19.0 Å². The van der Waals surface area contributed by atoms with Gasteiger partial charge in [0.2, 0.25) is 0 Å². The summed E-state index contributed by atoms with van der Waals surface area (Å²) in [5, 5.41) is 3.52. The largest absolute Gasteiger partial charge is 0.365 e. The molecular formula is C12H20N4. The SMILES string of the molecule is Cc1nccnc1NC1CCN(C)CC1C. The number of likely N-dealkylation sites (tertiary alicyclic amines) is 1. The lowest BCUT2D eigenvalue weighted by molar-refractivity contribution is 0.206. The molecule has 2 rings (SSSR count). The lowest BCUT2D eigenvalue weighted by Gasteiger charge is -2.35. The maximum absolute atomic E-state index is 4.34. The first kappa shape index (κ1) is 11.3. The number of hydrogen-bond donors (Lipinski definition) is 1. The minimum absolute atomic E-state index is 0.520. The van der Waals surface area contributed by atoms with E-state index in [1.54, 1.807) is 12.4 Å². The zero-order valence-electron chi connectivity index (χ0n) is 10.3. The molecule has 0 radical (unpaired) electrons. The molecule has 0 spiro atoms. The van der Waals surface area contributed by atoms with Crippen LogP contribution in [-0.4, -0.2) is 41.0 Å². The van der Waals surface area contributed by atoms with E-state index in [2.05, 4.69) is 34.2 Å². The van der Waals surface area contributed by atoms with Crippen LogP contribution in [0.2, 0.25) is 0 Å². The van der Waals surface area contributed by atoms with E-state index in [4.69, 9.17) is 0 Å². The summed E-state index contributed by atoms with van der Waals surface area (Å²) < 4.78 is 0. The van der Waals surface area contributed by atoms with E-state index < -0.39 is 0 Å². The number of hydrogen-bond acceptors (Lipinski definition) is 4. The highest BCUT2D eigenvalue weighted by Crippen LogP contribution is 2.20. The molecule has 2 unspecified atom stereocenters. The Hall–Kier alpha value is -1.16. The summed E-state index contributed by atoms with van der Waals surface area (Å²) in [6, 6.07) is 0.520. The van der Waals surface area contributed by atoms with Crippen LogP contribution in [0.25, 0.3) is 0 Å². The highest BCUT2D eigenvalue weighted by Gasteiger charge is 2.24. The van der Waals surface area contributed by atoms with E-state index in [-0.39, 0.29) is 0 Å². The number of aryl methyl sites for hydroxylation is 1. The van der Waals surface area contributed by atoms with Crippen molar-refractivity contribution < 1.29 is 0 Å².